The maximum atomic E-state index is 12.1. The summed E-state index contributed by atoms with van der Waals surface area (Å²) < 4.78 is 0. The van der Waals surface area contributed by atoms with E-state index in [2.05, 4.69) is 10.3 Å². The topological polar surface area (TPSA) is 71.2 Å². The first-order chi connectivity index (χ1) is 9.06. The van der Waals surface area contributed by atoms with Crippen LogP contribution in [0.4, 0.5) is 11.4 Å². The van der Waals surface area contributed by atoms with Gasteiger partial charge in [-0.05, 0) is 30.9 Å². The van der Waals surface area contributed by atoms with E-state index in [0.29, 0.717) is 13.0 Å². The van der Waals surface area contributed by atoms with Gasteiger partial charge in [-0.3, -0.25) is 9.78 Å². The van der Waals surface area contributed by atoms with E-state index in [1.165, 1.54) is 6.42 Å². The van der Waals surface area contributed by atoms with Gasteiger partial charge in [-0.25, -0.2) is 0 Å². The molecule has 1 fully saturated rings. The minimum Gasteiger partial charge on any atom is -0.376 e. The molecule has 1 heterocycles. The fourth-order valence-electron chi connectivity index (χ4n) is 2.54. The molecule has 1 aromatic heterocycles. The second kappa shape index (κ2) is 5.57. The molecule has 0 bridgehead atoms. The van der Waals surface area contributed by atoms with Gasteiger partial charge in [0.15, 0.2) is 0 Å². The molecule has 5 heteroatoms. The first kappa shape index (κ1) is 13.8. The van der Waals surface area contributed by atoms with Gasteiger partial charge >= 0.3 is 0 Å². The number of hydrogen-bond acceptors (Lipinski definition) is 4. The van der Waals surface area contributed by atoms with Crippen LogP contribution in [0.15, 0.2) is 18.5 Å². The number of nitrogens with two attached hydrogens (primary N) is 1. The first-order valence-corrected chi connectivity index (χ1v) is 6.68. The quantitative estimate of drug-likeness (QED) is 0.845. The molecule has 0 unspecified atom stereocenters. The summed E-state index contributed by atoms with van der Waals surface area (Å²) in [6, 6.07) is 1.89. The Balaban J connectivity index is 2.03. The number of aromatic nitrogens is 1. The van der Waals surface area contributed by atoms with Crippen LogP contribution < -0.4 is 16.0 Å². The van der Waals surface area contributed by atoms with Crippen molar-refractivity contribution < 1.29 is 4.79 Å². The van der Waals surface area contributed by atoms with Crippen LogP contribution in [-0.4, -0.2) is 31.5 Å². The summed E-state index contributed by atoms with van der Waals surface area (Å²) in [7, 11) is 3.89. The van der Waals surface area contributed by atoms with E-state index in [1.54, 1.807) is 12.4 Å². The van der Waals surface area contributed by atoms with Crippen LogP contribution in [0.5, 0.6) is 0 Å². The predicted octanol–water partition coefficient (Wildman–Crippen LogP) is 1.61. The molecule has 2 rings (SSSR count). The van der Waals surface area contributed by atoms with Crippen LogP contribution in [0, 0.1) is 5.41 Å². The highest BCUT2D eigenvalue weighted by Gasteiger charge is 2.37. The predicted molar refractivity (Wildman–Crippen MR) is 77.1 cm³/mol. The smallest absolute Gasteiger partial charge is 0.225 e. The van der Waals surface area contributed by atoms with Crippen LogP contribution in [0.25, 0.3) is 0 Å². The van der Waals surface area contributed by atoms with Gasteiger partial charge in [-0.1, -0.05) is 6.42 Å². The van der Waals surface area contributed by atoms with Crippen LogP contribution in [0.1, 0.15) is 25.7 Å². The van der Waals surface area contributed by atoms with Crippen LogP contribution in [-0.2, 0) is 4.79 Å². The van der Waals surface area contributed by atoms with E-state index in [4.69, 9.17) is 5.73 Å². The fraction of sp³-hybridized carbons (Fsp3) is 0.571. The summed E-state index contributed by atoms with van der Waals surface area (Å²) >= 11 is 0. The zero-order valence-electron chi connectivity index (χ0n) is 11.6. The molecule has 3 N–H and O–H groups in total. The number of nitrogens with zero attached hydrogens (tertiary/aromatic N) is 2. The lowest BCUT2D eigenvalue weighted by Crippen LogP contribution is -2.40. The van der Waals surface area contributed by atoms with Gasteiger partial charge in [-0.15, -0.1) is 0 Å². The Kier molecular flexibility index (Phi) is 4.04. The molecule has 0 atom stereocenters. The summed E-state index contributed by atoms with van der Waals surface area (Å²) in [4.78, 5) is 18.2. The molecular weight excluding hydrogens is 240 g/mol. The molecule has 0 radical (unpaired) electrons. The molecule has 19 heavy (non-hydrogen) atoms. The molecular formula is C14H22N4O. The van der Waals surface area contributed by atoms with Gasteiger partial charge in [0.25, 0.3) is 0 Å². The Labute approximate surface area is 114 Å². The van der Waals surface area contributed by atoms with E-state index in [0.717, 1.165) is 24.2 Å². The lowest BCUT2D eigenvalue weighted by molar-refractivity contribution is -0.119. The molecule has 0 aliphatic heterocycles. The van der Waals surface area contributed by atoms with Gasteiger partial charge in [-0.2, -0.15) is 0 Å². The maximum Gasteiger partial charge on any atom is 0.225 e. The Morgan fingerprint density at radius 1 is 1.53 bits per heavy atom. The summed E-state index contributed by atoms with van der Waals surface area (Å²) in [5.74, 6) is 0.0289. The Morgan fingerprint density at radius 2 is 2.26 bits per heavy atom. The molecule has 1 aromatic rings. The van der Waals surface area contributed by atoms with Crippen molar-refractivity contribution in [2.24, 2.45) is 11.1 Å². The van der Waals surface area contributed by atoms with E-state index in [1.807, 2.05) is 25.1 Å². The van der Waals surface area contributed by atoms with Crippen LogP contribution in [0.2, 0.25) is 0 Å². The lowest BCUT2D eigenvalue weighted by atomic mass is 9.66. The normalized spacial score (nSPS) is 16.6. The highest BCUT2D eigenvalue weighted by atomic mass is 16.1. The van der Waals surface area contributed by atoms with Crippen molar-refractivity contribution in [1.82, 2.24) is 4.98 Å². The number of rotatable bonds is 5. The number of hydrogen-bond donors (Lipinski definition) is 2. The Bertz CT molecular complexity index is 449. The maximum absolute atomic E-state index is 12.1. The van der Waals surface area contributed by atoms with E-state index >= 15 is 0 Å². The largest absolute Gasteiger partial charge is 0.376 e. The van der Waals surface area contributed by atoms with Crippen molar-refractivity contribution in [3.8, 4) is 0 Å². The number of nitrogens with one attached hydrogen (secondary N) is 1. The highest BCUT2D eigenvalue weighted by Crippen LogP contribution is 2.43. The average Bonchev–Trinajstić information content (AvgIpc) is 2.34. The van der Waals surface area contributed by atoms with Crippen LogP contribution in [0.3, 0.4) is 0 Å². The van der Waals surface area contributed by atoms with Crippen molar-refractivity contribution >= 4 is 17.3 Å². The summed E-state index contributed by atoms with van der Waals surface area (Å²) in [5.41, 5.74) is 7.53. The summed E-state index contributed by atoms with van der Waals surface area (Å²) in [6.07, 6.45) is 7.21. The number of amides is 1. The average molecular weight is 262 g/mol. The third-order valence-corrected chi connectivity index (χ3v) is 3.94. The second-order valence-electron chi connectivity index (χ2n) is 5.57. The fourth-order valence-corrected chi connectivity index (χ4v) is 2.54. The number of carbonyl (C=O) groups is 1. The van der Waals surface area contributed by atoms with E-state index in [-0.39, 0.29) is 11.3 Å². The Morgan fingerprint density at radius 3 is 2.79 bits per heavy atom. The molecule has 0 saturated heterocycles. The zero-order valence-corrected chi connectivity index (χ0v) is 11.6. The van der Waals surface area contributed by atoms with E-state index < -0.39 is 0 Å². The minimum atomic E-state index is 0.0289. The summed E-state index contributed by atoms with van der Waals surface area (Å²) in [5, 5.41) is 2.95. The highest BCUT2D eigenvalue weighted by molar-refractivity contribution is 5.94. The first-order valence-electron chi connectivity index (χ1n) is 6.68. The summed E-state index contributed by atoms with van der Waals surface area (Å²) in [6.45, 7) is 0.591. The lowest BCUT2D eigenvalue weighted by Gasteiger charge is -2.40. The molecule has 5 nitrogen and oxygen atoms in total. The number of anilines is 2. The van der Waals surface area contributed by atoms with Crippen LogP contribution >= 0.6 is 0 Å². The number of carbonyl (C=O) groups excluding carboxylic acids is 1. The third kappa shape index (κ3) is 3.04. The van der Waals surface area contributed by atoms with Crippen molar-refractivity contribution in [3.05, 3.63) is 18.5 Å². The third-order valence-electron chi connectivity index (χ3n) is 3.94. The van der Waals surface area contributed by atoms with Crippen molar-refractivity contribution in [1.29, 1.82) is 0 Å². The second-order valence-corrected chi connectivity index (χ2v) is 5.57. The standard InChI is InChI=1S/C14H22N4O/c1-18(2)12-4-7-16-9-11(12)17-13(19)8-14(10-15)5-3-6-14/h4,7,9H,3,5-6,8,10,15H2,1-2H3,(H,17,19). The van der Waals surface area contributed by atoms with Gasteiger partial charge in [0.2, 0.25) is 5.91 Å². The SMILES string of the molecule is CN(C)c1ccncc1NC(=O)CC1(CN)CCC1. The molecule has 104 valence electrons. The van der Waals surface area contributed by atoms with Gasteiger partial charge in [0, 0.05) is 26.7 Å². The molecule has 1 aliphatic rings. The Hall–Kier alpha value is -1.62. The zero-order chi connectivity index (χ0) is 13.9. The molecule has 1 amide bonds. The monoisotopic (exact) mass is 262 g/mol. The van der Waals surface area contributed by atoms with Crippen molar-refractivity contribution in [3.63, 3.8) is 0 Å². The van der Waals surface area contributed by atoms with Gasteiger partial charge in [0.05, 0.1) is 17.6 Å². The molecule has 1 saturated carbocycles. The van der Waals surface area contributed by atoms with E-state index in [9.17, 15) is 4.79 Å². The van der Waals surface area contributed by atoms with Gasteiger partial charge in [0.1, 0.15) is 0 Å². The molecule has 1 aliphatic carbocycles. The number of pyridine rings is 1. The molecule has 0 spiro atoms. The minimum absolute atomic E-state index is 0.0289. The van der Waals surface area contributed by atoms with Crippen molar-refractivity contribution in [2.45, 2.75) is 25.7 Å². The van der Waals surface area contributed by atoms with Crippen molar-refractivity contribution in [2.75, 3.05) is 30.9 Å². The molecule has 0 aromatic carbocycles. The van der Waals surface area contributed by atoms with Gasteiger partial charge < -0.3 is 16.0 Å².